The number of hydrogen-bond donors (Lipinski definition) is 2. The van der Waals surface area contributed by atoms with Gasteiger partial charge < -0.3 is 24.8 Å². The lowest BCUT2D eigenvalue weighted by Crippen LogP contribution is -2.32. The van der Waals surface area contributed by atoms with Gasteiger partial charge in [0.25, 0.3) is 0 Å². The zero-order chi connectivity index (χ0) is 16.9. The summed E-state index contributed by atoms with van der Waals surface area (Å²) in [6.45, 7) is 0.379. The number of carbonyl (C=O) groups excluding carboxylic acids is 1. The molecule has 0 radical (unpaired) electrons. The van der Waals surface area contributed by atoms with Crippen molar-refractivity contribution in [2.45, 2.75) is 6.10 Å². The molecule has 1 heterocycles. The van der Waals surface area contributed by atoms with Crippen LogP contribution in [0.1, 0.15) is 11.7 Å². The number of urea groups is 1. The third-order valence-electron chi connectivity index (χ3n) is 3.58. The monoisotopic (exact) mass is 332 g/mol. The number of hydrogen-bond acceptors (Lipinski definition) is 4. The molecule has 2 aromatic carbocycles. The molecule has 2 N–H and O–H groups in total. The van der Waals surface area contributed by atoms with E-state index < -0.39 is 12.1 Å². The second-order valence-corrected chi connectivity index (χ2v) is 5.18. The lowest BCUT2D eigenvalue weighted by atomic mass is 10.1. The maximum absolute atomic E-state index is 13.3. The Morgan fingerprint density at radius 2 is 2.08 bits per heavy atom. The number of carbonyl (C=O) groups is 1. The van der Waals surface area contributed by atoms with E-state index in [-0.39, 0.29) is 19.2 Å². The molecule has 0 aliphatic carbocycles. The van der Waals surface area contributed by atoms with Crippen LogP contribution in [0.4, 0.5) is 14.9 Å². The molecule has 6 nitrogen and oxygen atoms in total. The Morgan fingerprint density at radius 1 is 1.25 bits per heavy atom. The fraction of sp³-hybridized carbons (Fsp3) is 0.235. The van der Waals surface area contributed by atoms with Gasteiger partial charge in [-0.1, -0.05) is 12.1 Å². The Balaban J connectivity index is 1.56. The number of amides is 2. The van der Waals surface area contributed by atoms with Gasteiger partial charge >= 0.3 is 6.03 Å². The zero-order valence-corrected chi connectivity index (χ0v) is 13.0. The van der Waals surface area contributed by atoms with Crippen LogP contribution in [0.2, 0.25) is 0 Å². The molecule has 0 spiro atoms. The quantitative estimate of drug-likeness (QED) is 0.883. The van der Waals surface area contributed by atoms with Gasteiger partial charge in [-0.25, -0.2) is 9.18 Å². The molecule has 0 aromatic heterocycles. The molecule has 7 heteroatoms. The number of methoxy groups -OCH3 is 1. The van der Waals surface area contributed by atoms with Crippen LogP contribution in [0.3, 0.4) is 0 Å². The molecule has 3 rings (SSSR count). The summed E-state index contributed by atoms with van der Waals surface area (Å²) in [5.74, 6) is 0.883. The first-order valence-electron chi connectivity index (χ1n) is 7.38. The highest BCUT2D eigenvalue weighted by Crippen LogP contribution is 2.34. The highest BCUT2D eigenvalue weighted by atomic mass is 19.1. The van der Waals surface area contributed by atoms with E-state index in [1.54, 1.807) is 30.3 Å². The first-order chi connectivity index (χ1) is 11.7. The summed E-state index contributed by atoms with van der Waals surface area (Å²) in [5.41, 5.74) is 1.23. The molecular formula is C17H17FN2O4. The van der Waals surface area contributed by atoms with Crippen molar-refractivity contribution in [1.29, 1.82) is 0 Å². The minimum Gasteiger partial charge on any atom is -0.454 e. The summed E-state index contributed by atoms with van der Waals surface area (Å²) < 4.78 is 29.1. The second kappa shape index (κ2) is 7.18. The SMILES string of the molecule is CO[C@@H](CNC(=O)Nc1ccc2c(c1)OCO2)c1cccc(F)c1. The molecule has 0 unspecified atom stereocenters. The predicted octanol–water partition coefficient (Wildman–Crippen LogP) is 3.06. The number of anilines is 1. The van der Waals surface area contributed by atoms with Crippen molar-refractivity contribution in [2.24, 2.45) is 0 Å². The Labute approximate surface area is 138 Å². The topological polar surface area (TPSA) is 68.8 Å². The summed E-state index contributed by atoms with van der Waals surface area (Å²) in [5, 5.41) is 5.40. The molecule has 0 saturated carbocycles. The first-order valence-corrected chi connectivity index (χ1v) is 7.38. The van der Waals surface area contributed by atoms with Gasteiger partial charge in [0.15, 0.2) is 11.5 Å². The minimum absolute atomic E-state index is 0.175. The lowest BCUT2D eigenvalue weighted by molar-refractivity contribution is 0.104. The maximum atomic E-state index is 13.3. The molecule has 0 fully saturated rings. The zero-order valence-electron chi connectivity index (χ0n) is 13.0. The van der Waals surface area contributed by atoms with Crippen LogP contribution in [0, 0.1) is 5.82 Å². The van der Waals surface area contributed by atoms with E-state index in [1.165, 1.54) is 19.2 Å². The van der Waals surface area contributed by atoms with Crippen LogP contribution in [-0.2, 0) is 4.74 Å². The molecular weight excluding hydrogens is 315 g/mol. The predicted molar refractivity (Wildman–Crippen MR) is 85.7 cm³/mol. The van der Waals surface area contributed by atoms with E-state index in [9.17, 15) is 9.18 Å². The Kier molecular flexibility index (Phi) is 4.81. The smallest absolute Gasteiger partial charge is 0.319 e. The molecule has 0 saturated heterocycles. The molecule has 2 aromatic rings. The van der Waals surface area contributed by atoms with Crippen molar-refractivity contribution in [1.82, 2.24) is 5.32 Å². The molecule has 2 amide bonds. The first kappa shape index (κ1) is 16.1. The van der Waals surface area contributed by atoms with Crippen LogP contribution >= 0.6 is 0 Å². The summed E-state index contributed by atoms with van der Waals surface area (Å²) in [4.78, 5) is 12.0. The molecule has 1 aliphatic heterocycles. The third-order valence-corrected chi connectivity index (χ3v) is 3.58. The van der Waals surface area contributed by atoms with Crippen molar-refractivity contribution in [3.63, 3.8) is 0 Å². The van der Waals surface area contributed by atoms with E-state index >= 15 is 0 Å². The van der Waals surface area contributed by atoms with Gasteiger partial charge in [-0.15, -0.1) is 0 Å². The highest BCUT2D eigenvalue weighted by Gasteiger charge is 2.15. The number of rotatable bonds is 5. The number of fused-ring (bicyclic) bond motifs is 1. The fourth-order valence-electron chi connectivity index (χ4n) is 2.38. The second-order valence-electron chi connectivity index (χ2n) is 5.18. The summed E-state index contributed by atoms with van der Waals surface area (Å²) in [6, 6.07) is 10.8. The van der Waals surface area contributed by atoms with Gasteiger partial charge in [0, 0.05) is 25.4 Å². The minimum atomic E-state index is -0.441. The van der Waals surface area contributed by atoms with E-state index in [0.717, 1.165) is 0 Å². The molecule has 126 valence electrons. The van der Waals surface area contributed by atoms with Crippen LogP contribution in [-0.4, -0.2) is 26.5 Å². The average molecular weight is 332 g/mol. The Hall–Kier alpha value is -2.80. The van der Waals surface area contributed by atoms with Crippen molar-refractivity contribution in [3.8, 4) is 11.5 Å². The van der Waals surface area contributed by atoms with Gasteiger partial charge in [-0.2, -0.15) is 0 Å². The van der Waals surface area contributed by atoms with Crippen molar-refractivity contribution < 1.29 is 23.4 Å². The van der Waals surface area contributed by atoms with Crippen molar-refractivity contribution >= 4 is 11.7 Å². The van der Waals surface area contributed by atoms with Crippen molar-refractivity contribution in [2.75, 3.05) is 25.8 Å². The largest absolute Gasteiger partial charge is 0.454 e. The summed E-state index contributed by atoms with van der Waals surface area (Å²) >= 11 is 0. The van der Waals surface area contributed by atoms with E-state index in [2.05, 4.69) is 10.6 Å². The number of benzene rings is 2. The summed E-state index contributed by atoms with van der Waals surface area (Å²) in [7, 11) is 1.51. The molecule has 24 heavy (non-hydrogen) atoms. The Morgan fingerprint density at radius 3 is 2.88 bits per heavy atom. The van der Waals surface area contributed by atoms with Gasteiger partial charge in [-0.3, -0.25) is 0 Å². The van der Waals surface area contributed by atoms with Crippen LogP contribution < -0.4 is 20.1 Å². The van der Waals surface area contributed by atoms with Gasteiger partial charge in [-0.05, 0) is 29.8 Å². The highest BCUT2D eigenvalue weighted by molar-refractivity contribution is 5.89. The van der Waals surface area contributed by atoms with Gasteiger partial charge in [0.1, 0.15) is 5.82 Å². The van der Waals surface area contributed by atoms with Gasteiger partial charge in [0.2, 0.25) is 6.79 Å². The maximum Gasteiger partial charge on any atom is 0.319 e. The van der Waals surface area contributed by atoms with E-state index in [0.29, 0.717) is 22.7 Å². The molecule has 0 bridgehead atoms. The molecule has 1 atom stereocenters. The number of halogens is 1. The Bertz CT molecular complexity index is 738. The third kappa shape index (κ3) is 3.75. The van der Waals surface area contributed by atoms with Gasteiger partial charge in [0.05, 0.1) is 6.10 Å². The van der Waals surface area contributed by atoms with Crippen LogP contribution in [0.25, 0.3) is 0 Å². The van der Waals surface area contributed by atoms with E-state index in [1.807, 2.05) is 0 Å². The normalized spacial score (nSPS) is 13.4. The number of ether oxygens (including phenoxy) is 3. The van der Waals surface area contributed by atoms with Crippen molar-refractivity contribution in [3.05, 3.63) is 53.8 Å². The fourth-order valence-corrected chi connectivity index (χ4v) is 2.38. The molecule has 1 aliphatic rings. The standard InChI is InChI=1S/C17H17FN2O4/c1-22-16(11-3-2-4-12(18)7-11)9-19-17(21)20-13-5-6-14-15(8-13)24-10-23-14/h2-8,16H,9-10H2,1H3,(H2,19,20,21)/t16-/m0/s1. The van der Waals surface area contributed by atoms with Crippen LogP contribution in [0.5, 0.6) is 11.5 Å². The average Bonchev–Trinajstić information content (AvgIpc) is 3.03. The lowest BCUT2D eigenvalue weighted by Gasteiger charge is -2.17. The number of nitrogens with one attached hydrogen (secondary N) is 2. The summed E-state index contributed by atoms with van der Waals surface area (Å²) in [6.07, 6.45) is -0.441. The van der Waals surface area contributed by atoms with E-state index in [4.69, 9.17) is 14.2 Å². The van der Waals surface area contributed by atoms with Crippen LogP contribution in [0.15, 0.2) is 42.5 Å².